The summed E-state index contributed by atoms with van der Waals surface area (Å²) in [5.74, 6) is 0. The van der Waals surface area contributed by atoms with Gasteiger partial charge in [-0.15, -0.1) is 0 Å². The van der Waals surface area contributed by atoms with Gasteiger partial charge in [0.1, 0.15) is 0 Å². The van der Waals surface area contributed by atoms with Gasteiger partial charge in [0.05, 0.1) is 6.04 Å². The van der Waals surface area contributed by atoms with E-state index in [1.165, 1.54) is 11.1 Å². The predicted octanol–water partition coefficient (Wildman–Crippen LogP) is 6.55. The first-order valence-corrected chi connectivity index (χ1v) is 7.91. The minimum Gasteiger partial charge on any atom is -0.378 e. The summed E-state index contributed by atoms with van der Waals surface area (Å²) in [6.45, 7) is 6.24. The van der Waals surface area contributed by atoms with Crippen LogP contribution in [-0.4, -0.2) is 0 Å². The summed E-state index contributed by atoms with van der Waals surface area (Å²) in [4.78, 5) is 0. The molecule has 0 heterocycles. The maximum absolute atomic E-state index is 6.24. The van der Waals surface area contributed by atoms with E-state index in [0.717, 1.165) is 20.7 Å². The molecule has 0 bridgehead atoms. The van der Waals surface area contributed by atoms with Crippen LogP contribution in [0.5, 0.6) is 0 Å². The molecule has 1 nitrogen and oxygen atoms in total. The van der Waals surface area contributed by atoms with E-state index in [9.17, 15) is 0 Å². The van der Waals surface area contributed by atoms with Crippen molar-refractivity contribution < 1.29 is 0 Å². The Morgan fingerprint density at radius 2 is 1.65 bits per heavy atom. The molecule has 0 aliphatic heterocycles. The molecule has 0 aliphatic carbocycles. The number of rotatable bonds is 3. The molecule has 1 N–H and O–H groups in total. The van der Waals surface area contributed by atoms with Crippen LogP contribution in [0.15, 0.2) is 34.8 Å². The Hall–Kier alpha value is -0.700. The molecule has 2 aromatic carbocycles. The summed E-state index contributed by atoms with van der Waals surface area (Å²) in [5.41, 5.74) is 4.48. The summed E-state index contributed by atoms with van der Waals surface area (Å²) in [6, 6.07) is 9.85. The van der Waals surface area contributed by atoms with Crippen molar-refractivity contribution in [2.75, 3.05) is 5.32 Å². The molecule has 2 aromatic rings. The highest BCUT2D eigenvalue weighted by Gasteiger charge is 2.11. The molecule has 4 heteroatoms. The number of hydrogen-bond donors (Lipinski definition) is 1. The van der Waals surface area contributed by atoms with Gasteiger partial charge in [0.15, 0.2) is 0 Å². The molecule has 0 aliphatic rings. The fourth-order valence-electron chi connectivity index (χ4n) is 2.20. The molecule has 0 radical (unpaired) electrons. The molecule has 0 spiro atoms. The Bertz CT molecular complexity index is 617. The monoisotopic (exact) mass is 371 g/mol. The van der Waals surface area contributed by atoms with E-state index in [0.29, 0.717) is 5.02 Å². The van der Waals surface area contributed by atoms with Gasteiger partial charge in [0.2, 0.25) is 0 Å². The lowest BCUT2D eigenvalue weighted by atomic mass is 10.1. The Morgan fingerprint density at radius 3 is 2.25 bits per heavy atom. The van der Waals surface area contributed by atoms with E-state index < -0.39 is 0 Å². The minimum absolute atomic E-state index is 0.0844. The van der Waals surface area contributed by atoms with Crippen molar-refractivity contribution in [3.05, 3.63) is 61.5 Å². The lowest BCUT2D eigenvalue weighted by Gasteiger charge is -2.19. The number of anilines is 1. The zero-order valence-corrected chi connectivity index (χ0v) is 14.7. The fraction of sp³-hybridized carbons (Fsp3) is 0.250. The molecule has 1 atom stereocenters. The quantitative estimate of drug-likeness (QED) is 0.644. The van der Waals surface area contributed by atoms with E-state index >= 15 is 0 Å². The van der Waals surface area contributed by atoms with Crippen molar-refractivity contribution in [2.24, 2.45) is 0 Å². The third-order valence-electron chi connectivity index (χ3n) is 3.24. The Kier molecular flexibility index (Phi) is 5.00. The Morgan fingerprint density at radius 1 is 1.05 bits per heavy atom. The van der Waals surface area contributed by atoms with Crippen molar-refractivity contribution in [3.63, 3.8) is 0 Å². The van der Waals surface area contributed by atoms with E-state index in [4.69, 9.17) is 23.2 Å². The molecule has 2 rings (SSSR count). The van der Waals surface area contributed by atoms with Crippen LogP contribution >= 0.6 is 39.1 Å². The zero-order chi connectivity index (χ0) is 14.9. The van der Waals surface area contributed by atoms with Gasteiger partial charge in [-0.05, 0) is 67.8 Å². The van der Waals surface area contributed by atoms with Crippen molar-refractivity contribution in [1.29, 1.82) is 0 Å². The second-order valence-electron chi connectivity index (χ2n) is 4.96. The fourth-order valence-corrected chi connectivity index (χ4v) is 2.89. The van der Waals surface area contributed by atoms with E-state index in [1.54, 1.807) is 6.07 Å². The van der Waals surface area contributed by atoms with E-state index in [2.05, 4.69) is 54.2 Å². The summed E-state index contributed by atoms with van der Waals surface area (Å²) in [7, 11) is 0. The highest BCUT2D eigenvalue weighted by Crippen LogP contribution is 2.31. The molecule has 0 saturated carbocycles. The van der Waals surface area contributed by atoms with Crippen LogP contribution in [-0.2, 0) is 0 Å². The maximum Gasteiger partial charge on any atom is 0.0500 e. The predicted molar refractivity (Wildman–Crippen MR) is 92.1 cm³/mol. The maximum atomic E-state index is 6.24. The molecule has 0 saturated heterocycles. The third-order valence-corrected chi connectivity index (χ3v) is 5.07. The normalized spacial score (nSPS) is 12.3. The topological polar surface area (TPSA) is 12.0 Å². The summed E-state index contributed by atoms with van der Waals surface area (Å²) >= 11 is 15.9. The van der Waals surface area contributed by atoms with Gasteiger partial charge in [-0.1, -0.05) is 39.1 Å². The molecule has 20 heavy (non-hydrogen) atoms. The molecule has 0 aromatic heterocycles. The Balaban J connectivity index is 2.27. The second kappa shape index (κ2) is 6.38. The zero-order valence-electron chi connectivity index (χ0n) is 11.6. The van der Waals surface area contributed by atoms with Crippen LogP contribution in [0, 0.1) is 13.8 Å². The van der Waals surface area contributed by atoms with Gasteiger partial charge in [-0.3, -0.25) is 0 Å². The van der Waals surface area contributed by atoms with Crippen molar-refractivity contribution >= 4 is 44.8 Å². The van der Waals surface area contributed by atoms with Gasteiger partial charge < -0.3 is 5.32 Å². The lowest BCUT2D eigenvalue weighted by molar-refractivity contribution is 0.884. The second-order valence-corrected chi connectivity index (χ2v) is 6.59. The average molecular weight is 373 g/mol. The molecular formula is C16H16BrCl2N. The highest BCUT2D eigenvalue weighted by atomic mass is 79.9. The van der Waals surface area contributed by atoms with E-state index in [1.807, 2.05) is 12.1 Å². The molecule has 1 unspecified atom stereocenters. The van der Waals surface area contributed by atoms with Gasteiger partial charge in [-0.2, -0.15) is 0 Å². The molecular weight excluding hydrogens is 357 g/mol. The first-order valence-electron chi connectivity index (χ1n) is 6.36. The number of benzene rings is 2. The molecule has 0 amide bonds. The van der Waals surface area contributed by atoms with Gasteiger partial charge >= 0.3 is 0 Å². The van der Waals surface area contributed by atoms with E-state index in [-0.39, 0.29) is 6.04 Å². The molecule has 106 valence electrons. The SMILES string of the molecule is Cc1cc(NC(C)c2cc(Cl)ccc2Cl)cc(C)c1Br. The first kappa shape index (κ1) is 15.7. The number of halogens is 3. The van der Waals surface area contributed by atoms with Crippen molar-refractivity contribution in [3.8, 4) is 0 Å². The van der Waals surface area contributed by atoms with Crippen molar-refractivity contribution in [2.45, 2.75) is 26.8 Å². The van der Waals surface area contributed by atoms with Gasteiger partial charge in [-0.25, -0.2) is 0 Å². The largest absolute Gasteiger partial charge is 0.378 e. The van der Waals surface area contributed by atoms with Crippen LogP contribution in [0.3, 0.4) is 0 Å². The molecule has 0 fully saturated rings. The third kappa shape index (κ3) is 3.49. The highest BCUT2D eigenvalue weighted by molar-refractivity contribution is 9.10. The Labute approximate surface area is 138 Å². The lowest BCUT2D eigenvalue weighted by Crippen LogP contribution is -2.07. The number of aryl methyl sites for hydroxylation is 2. The van der Waals surface area contributed by atoms with Gasteiger partial charge in [0.25, 0.3) is 0 Å². The standard InChI is InChI=1S/C16H16BrCl2N/c1-9-6-13(7-10(2)16(9)17)20-11(3)14-8-12(18)4-5-15(14)19/h4-8,11,20H,1-3H3. The summed E-state index contributed by atoms with van der Waals surface area (Å²) in [6.07, 6.45) is 0. The first-order chi connectivity index (χ1) is 9.38. The van der Waals surface area contributed by atoms with Crippen LogP contribution < -0.4 is 5.32 Å². The van der Waals surface area contributed by atoms with Crippen LogP contribution in [0.2, 0.25) is 10.0 Å². The number of nitrogens with one attached hydrogen (secondary N) is 1. The van der Waals surface area contributed by atoms with Crippen LogP contribution in [0.4, 0.5) is 5.69 Å². The van der Waals surface area contributed by atoms with Crippen molar-refractivity contribution in [1.82, 2.24) is 0 Å². The van der Waals surface area contributed by atoms with Crippen LogP contribution in [0.25, 0.3) is 0 Å². The smallest absolute Gasteiger partial charge is 0.0500 e. The average Bonchev–Trinajstić information content (AvgIpc) is 2.38. The summed E-state index contributed by atoms with van der Waals surface area (Å²) < 4.78 is 1.15. The van der Waals surface area contributed by atoms with Crippen LogP contribution in [0.1, 0.15) is 29.7 Å². The minimum atomic E-state index is 0.0844. The van der Waals surface area contributed by atoms with Gasteiger partial charge in [0, 0.05) is 20.2 Å². The number of hydrogen-bond acceptors (Lipinski definition) is 1. The summed E-state index contributed by atoms with van der Waals surface area (Å²) in [5, 5.41) is 4.89.